The van der Waals surface area contributed by atoms with Crippen molar-refractivity contribution in [1.29, 1.82) is 0 Å². The molecule has 0 spiro atoms. The Hall–Kier alpha value is -0.810. The van der Waals surface area contributed by atoms with Crippen LogP contribution >= 0.6 is 23.1 Å². The van der Waals surface area contributed by atoms with Crippen molar-refractivity contribution in [1.82, 2.24) is 5.32 Å². The van der Waals surface area contributed by atoms with Gasteiger partial charge in [-0.05, 0) is 53.3 Å². The third kappa shape index (κ3) is 4.08. The van der Waals surface area contributed by atoms with E-state index in [-0.39, 0.29) is 0 Å². The van der Waals surface area contributed by atoms with Crippen LogP contribution in [0.4, 0.5) is 0 Å². The summed E-state index contributed by atoms with van der Waals surface area (Å²) >= 11 is 3.35. The Morgan fingerprint density at radius 2 is 2.00 bits per heavy atom. The van der Waals surface area contributed by atoms with Crippen LogP contribution in [0.2, 0.25) is 0 Å². The maximum absolute atomic E-state index is 10.4. The number of thioether (sulfide) groups is 1. The Kier molecular flexibility index (Phi) is 5.05. The minimum absolute atomic E-state index is 0.550. The van der Waals surface area contributed by atoms with E-state index >= 15 is 0 Å². The van der Waals surface area contributed by atoms with Crippen LogP contribution in [0.5, 0.6) is 0 Å². The Balaban J connectivity index is 1.86. The fourth-order valence-corrected chi connectivity index (χ4v) is 3.06. The molecule has 1 aromatic heterocycles. The molecule has 0 bridgehead atoms. The first-order valence-electron chi connectivity index (χ1n) is 6.20. The number of benzene rings is 1. The molecular formula is C15H19NOS2. The topological polar surface area (TPSA) is 32.3 Å². The van der Waals surface area contributed by atoms with Crippen molar-refractivity contribution in [3.63, 3.8) is 0 Å². The maximum Gasteiger partial charge on any atom is 0.1000 e. The smallest absolute Gasteiger partial charge is 0.1000 e. The zero-order valence-electron chi connectivity index (χ0n) is 11.2. The number of nitrogens with one attached hydrogen (secondary N) is 1. The molecule has 0 aliphatic rings. The summed E-state index contributed by atoms with van der Waals surface area (Å²) < 4.78 is 0. The lowest BCUT2D eigenvalue weighted by molar-refractivity contribution is 0.0571. The molecule has 2 rings (SSSR count). The van der Waals surface area contributed by atoms with Crippen LogP contribution in [0.3, 0.4) is 0 Å². The number of thiophene rings is 1. The second kappa shape index (κ2) is 6.57. The molecular weight excluding hydrogens is 274 g/mol. The summed E-state index contributed by atoms with van der Waals surface area (Å²) in [7, 11) is 0. The lowest BCUT2D eigenvalue weighted by Gasteiger charge is -2.23. The Bertz CT molecular complexity index is 491. The first-order valence-corrected chi connectivity index (χ1v) is 8.37. The molecule has 1 unspecified atom stereocenters. The highest BCUT2D eigenvalue weighted by Crippen LogP contribution is 2.22. The van der Waals surface area contributed by atoms with E-state index in [2.05, 4.69) is 35.8 Å². The molecule has 19 heavy (non-hydrogen) atoms. The van der Waals surface area contributed by atoms with E-state index in [9.17, 15) is 5.11 Å². The minimum Gasteiger partial charge on any atom is -0.384 e. The minimum atomic E-state index is -0.806. The monoisotopic (exact) mass is 293 g/mol. The van der Waals surface area contributed by atoms with E-state index in [0.29, 0.717) is 6.54 Å². The van der Waals surface area contributed by atoms with Gasteiger partial charge in [0.05, 0.1) is 5.60 Å². The molecule has 0 saturated heterocycles. The highest BCUT2D eigenvalue weighted by molar-refractivity contribution is 7.98. The van der Waals surface area contributed by atoms with E-state index in [1.54, 1.807) is 23.1 Å². The van der Waals surface area contributed by atoms with Crippen LogP contribution < -0.4 is 5.32 Å². The van der Waals surface area contributed by atoms with Gasteiger partial charge in [0, 0.05) is 18.0 Å². The van der Waals surface area contributed by atoms with Crippen LogP contribution in [-0.2, 0) is 12.1 Å². The highest BCUT2D eigenvalue weighted by Gasteiger charge is 2.22. The largest absolute Gasteiger partial charge is 0.384 e. The average Bonchev–Trinajstić information content (AvgIpc) is 2.94. The van der Waals surface area contributed by atoms with Gasteiger partial charge >= 0.3 is 0 Å². The van der Waals surface area contributed by atoms with Crippen molar-refractivity contribution >= 4 is 23.1 Å². The quantitative estimate of drug-likeness (QED) is 0.800. The SMILES string of the molecule is CSc1ccc(CNCC(C)(O)c2ccsc2)cc1. The van der Waals surface area contributed by atoms with Crippen molar-refractivity contribution in [3.05, 3.63) is 52.2 Å². The lowest BCUT2D eigenvalue weighted by atomic mass is 9.99. The molecule has 4 heteroatoms. The van der Waals surface area contributed by atoms with Gasteiger partial charge in [-0.3, -0.25) is 0 Å². The molecule has 0 fully saturated rings. The molecule has 0 aliphatic heterocycles. The fraction of sp³-hybridized carbons (Fsp3) is 0.333. The summed E-state index contributed by atoms with van der Waals surface area (Å²) in [6.07, 6.45) is 2.07. The van der Waals surface area contributed by atoms with Crippen molar-refractivity contribution in [2.75, 3.05) is 12.8 Å². The Morgan fingerprint density at radius 1 is 1.26 bits per heavy atom. The predicted octanol–water partition coefficient (Wildman–Crippen LogP) is 3.47. The van der Waals surface area contributed by atoms with Gasteiger partial charge in [-0.1, -0.05) is 12.1 Å². The van der Waals surface area contributed by atoms with Gasteiger partial charge in [-0.15, -0.1) is 11.8 Å². The lowest BCUT2D eigenvalue weighted by Crippen LogP contribution is -2.34. The molecule has 1 aromatic carbocycles. The van der Waals surface area contributed by atoms with Crippen molar-refractivity contribution in [3.8, 4) is 0 Å². The molecule has 0 amide bonds. The third-order valence-electron chi connectivity index (χ3n) is 3.10. The maximum atomic E-state index is 10.4. The van der Waals surface area contributed by atoms with Gasteiger partial charge in [0.15, 0.2) is 0 Å². The fourth-order valence-electron chi connectivity index (χ4n) is 1.87. The van der Waals surface area contributed by atoms with Crippen LogP contribution in [-0.4, -0.2) is 17.9 Å². The van der Waals surface area contributed by atoms with Crippen molar-refractivity contribution < 1.29 is 5.11 Å². The van der Waals surface area contributed by atoms with Crippen LogP contribution in [0.15, 0.2) is 46.0 Å². The number of rotatable bonds is 6. The molecule has 2 nitrogen and oxygen atoms in total. The number of hydrogen-bond donors (Lipinski definition) is 2. The first-order chi connectivity index (χ1) is 9.12. The average molecular weight is 293 g/mol. The van der Waals surface area contributed by atoms with Gasteiger partial charge in [0.1, 0.15) is 0 Å². The van der Waals surface area contributed by atoms with Crippen LogP contribution in [0, 0.1) is 0 Å². The molecule has 1 heterocycles. The number of aliphatic hydroxyl groups is 1. The standard InChI is InChI=1S/C15H19NOS2/c1-15(17,13-7-8-19-10-13)11-16-9-12-3-5-14(18-2)6-4-12/h3-8,10,16-17H,9,11H2,1-2H3. The van der Waals surface area contributed by atoms with Gasteiger partial charge in [-0.25, -0.2) is 0 Å². The Morgan fingerprint density at radius 3 is 2.58 bits per heavy atom. The summed E-state index contributed by atoms with van der Waals surface area (Å²) in [5, 5.41) is 17.7. The second-order valence-electron chi connectivity index (χ2n) is 4.74. The number of hydrogen-bond acceptors (Lipinski definition) is 4. The molecule has 2 aromatic rings. The second-order valence-corrected chi connectivity index (χ2v) is 6.40. The van der Waals surface area contributed by atoms with Crippen LogP contribution in [0.1, 0.15) is 18.1 Å². The normalized spacial score (nSPS) is 14.3. The van der Waals surface area contributed by atoms with Gasteiger partial charge in [0.2, 0.25) is 0 Å². The molecule has 2 N–H and O–H groups in total. The molecule has 0 aliphatic carbocycles. The van der Waals surface area contributed by atoms with E-state index in [0.717, 1.165) is 12.1 Å². The van der Waals surface area contributed by atoms with E-state index in [1.807, 2.05) is 23.8 Å². The van der Waals surface area contributed by atoms with Gasteiger partial charge in [0.25, 0.3) is 0 Å². The van der Waals surface area contributed by atoms with Gasteiger partial charge in [-0.2, -0.15) is 11.3 Å². The molecule has 0 radical (unpaired) electrons. The molecule has 0 saturated carbocycles. The first kappa shape index (κ1) is 14.6. The zero-order chi connectivity index (χ0) is 13.7. The Labute approximate surface area is 122 Å². The highest BCUT2D eigenvalue weighted by atomic mass is 32.2. The molecule has 102 valence electrons. The molecule has 1 atom stereocenters. The van der Waals surface area contributed by atoms with Crippen LogP contribution in [0.25, 0.3) is 0 Å². The summed E-state index contributed by atoms with van der Waals surface area (Å²) in [6.45, 7) is 3.17. The summed E-state index contributed by atoms with van der Waals surface area (Å²) in [5.41, 5.74) is 1.40. The summed E-state index contributed by atoms with van der Waals surface area (Å²) in [5.74, 6) is 0. The van der Waals surface area contributed by atoms with Crippen molar-refractivity contribution in [2.24, 2.45) is 0 Å². The zero-order valence-corrected chi connectivity index (χ0v) is 12.9. The van der Waals surface area contributed by atoms with E-state index in [1.165, 1.54) is 10.5 Å². The van der Waals surface area contributed by atoms with E-state index < -0.39 is 5.60 Å². The summed E-state index contributed by atoms with van der Waals surface area (Å²) in [4.78, 5) is 1.27. The predicted molar refractivity (Wildman–Crippen MR) is 83.8 cm³/mol. The summed E-state index contributed by atoms with van der Waals surface area (Å²) in [6, 6.07) is 10.5. The van der Waals surface area contributed by atoms with Crippen molar-refractivity contribution in [2.45, 2.75) is 24.0 Å². The van der Waals surface area contributed by atoms with Gasteiger partial charge < -0.3 is 10.4 Å². The third-order valence-corrected chi connectivity index (χ3v) is 4.53. The van der Waals surface area contributed by atoms with E-state index in [4.69, 9.17) is 0 Å².